The average molecular weight is 251 g/mol. The average Bonchev–Trinajstić information content (AvgIpc) is 2.62. The van der Waals surface area contributed by atoms with Gasteiger partial charge in [0.15, 0.2) is 0 Å². The molecule has 0 amide bonds. The molecule has 1 heterocycles. The molecule has 0 N–H and O–H groups in total. The molecule has 4 heteroatoms. The fourth-order valence-electron chi connectivity index (χ4n) is 1.45. The van der Waals surface area contributed by atoms with Gasteiger partial charge in [-0.3, -0.25) is 4.79 Å². The molecule has 0 unspecified atom stereocenters. The molecule has 1 aromatic rings. The normalized spacial score (nSPS) is 13.2. The van der Waals surface area contributed by atoms with Gasteiger partial charge in [0.05, 0.1) is 10.7 Å². The Morgan fingerprint density at radius 3 is 2.82 bits per heavy atom. The minimum Gasteiger partial charge on any atom is -0.458 e. The molecule has 0 saturated heterocycles. The molecule has 0 fully saturated rings. The largest absolute Gasteiger partial charge is 0.458 e. The summed E-state index contributed by atoms with van der Waals surface area (Å²) in [5, 5.41) is 3.01. The smallest absolute Gasteiger partial charge is 0.303 e. The van der Waals surface area contributed by atoms with Crippen LogP contribution in [0.3, 0.4) is 0 Å². The Morgan fingerprint density at radius 2 is 2.35 bits per heavy atom. The van der Waals surface area contributed by atoms with Crippen LogP contribution in [0.15, 0.2) is 23.6 Å². The predicted octanol–water partition coefficient (Wildman–Crippen LogP) is 3.36. The maximum absolute atomic E-state index is 11.0. The van der Waals surface area contributed by atoms with Crippen LogP contribution >= 0.6 is 11.3 Å². The van der Waals surface area contributed by atoms with Crippen LogP contribution in [0.4, 0.5) is 0 Å². The fourth-order valence-corrected chi connectivity index (χ4v) is 2.02. The van der Waals surface area contributed by atoms with E-state index in [1.807, 2.05) is 25.3 Å². The minimum absolute atomic E-state index is 0.244. The van der Waals surface area contributed by atoms with Crippen LogP contribution in [0, 0.1) is 6.92 Å². The molecule has 0 saturated carbocycles. The van der Waals surface area contributed by atoms with Crippen LogP contribution in [0.1, 0.15) is 31.0 Å². The summed E-state index contributed by atoms with van der Waals surface area (Å²) in [4.78, 5) is 15.3. The monoisotopic (exact) mass is 251 g/mol. The molecule has 0 aliphatic rings. The summed E-state index contributed by atoms with van der Waals surface area (Å²) in [7, 11) is 0. The SMILES string of the molecule is C=CC[C@H](OC(C)=O)/C(C)=C/c1csc(C)n1. The number of ether oxygens (including phenoxy) is 1. The summed E-state index contributed by atoms with van der Waals surface area (Å²) >= 11 is 1.60. The number of carbonyl (C=O) groups is 1. The third-order valence-electron chi connectivity index (χ3n) is 2.21. The van der Waals surface area contributed by atoms with Gasteiger partial charge < -0.3 is 4.74 Å². The van der Waals surface area contributed by atoms with Crippen LogP contribution in [-0.4, -0.2) is 17.1 Å². The quantitative estimate of drug-likeness (QED) is 0.595. The summed E-state index contributed by atoms with van der Waals surface area (Å²) < 4.78 is 5.23. The lowest BCUT2D eigenvalue weighted by molar-refractivity contribution is -0.144. The summed E-state index contributed by atoms with van der Waals surface area (Å²) in [5.74, 6) is -0.279. The Labute approximate surface area is 106 Å². The van der Waals surface area contributed by atoms with Crippen molar-refractivity contribution in [1.82, 2.24) is 4.98 Å². The van der Waals surface area contributed by atoms with E-state index in [0.717, 1.165) is 16.3 Å². The summed E-state index contributed by atoms with van der Waals surface area (Å²) in [5.41, 5.74) is 1.89. The Hall–Kier alpha value is -1.42. The molecule has 17 heavy (non-hydrogen) atoms. The zero-order valence-electron chi connectivity index (χ0n) is 10.4. The van der Waals surface area contributed by atoms with Gasteiger partial charge in [-0.05, 0) is 25.5 Å². The molecule has 1 rings (SSSR count). The lowest BCUT2D eigenvalue weighted by atomic mass is 10.1. The first-order valence-corrected chi connectivity index (χ1v) is 6.29. The molecule has 0 radical (unpaired) electrons. The van der Waals surface area contributed by atoms with E-state index in [0.29, 0.717) is 6.42 Å². The number of rotatable bonds is 5. The number of carbonyl (C=O) groups excluding carboxylic acids is 1. The van der Waals surface area contributed by atoms with Crippen LogP contribution in [0.25, 0.3) is 6.08 Å². The second kappa shape index (κ2) is 6.35. The lowest BCUT2D eigenvalue weighted by Gasteiger charge is -2.15. The number of esters is 1. The van der Waals surface area contributed by atoms with E-state index in [1.165, 1.54) is 6.92 Å². The van der Waals surface area contributed by atoms with Gasteiger partial charge in [0.2, 0.25) is 0 Å². The first kappa shape index (κ1) is 13.6. The number of aromatic nitrogens is 1. The van der Waals surface area contributed by atoms with E-state index in [4.69, 9.17) is 4.74 Å². The van der Waals surface area contributed by atoms with E-state index in [1.54, 1.807) is 17.4 Å². The van der Waals surface area contributed by atoms with Gasteiger partial charge in [-0.2, -0.15) is 0 Å². The van der Waals surface area contributed by atoms with E-state index in [2.05, 4.69) is 11.6 Å². The van der Waals surface area contributed by atoms with Crippen molar-refractivity contribution in [2.75, 3.05) is 0 Å². The van der Waals surface area contributed by atoms with E-state index >= 15 is 0 Å². The molecule has 3 nitrogen and oxygen atoms in total. The number of hydrogen-bond acceptors (Lipinski definition) is 4. The van der Waals surface area contributed by atoms with Crippen LogP contribution in [0.5, 0.6) is 0 Å². The third-order valence-corrected chi connectivity index (χ3v) is 3.00. The van der Waals surface area contributed by atoms with Crippen molar-refractivity contribution in [2.45, 2.75) is 33.3 Å². The standard InChI is InChI=1S/C13H17NO2S/c1-5-6-13(16-11(4)15)9(2)7-12-8-17-10(3)14-12/h5,7-8,13H,1,6H2,2-4H3/b9-7+/t13-/m0/s1. The fraction of sp³-hybridized carbons (Fsp3) is 0.385. The van der Waals surface area contributed by atoms with Crippen molar-refractivity contribution in [3.05, 3.63) is 34.3 Å². The Kier molecular flexibility index (Phi) is 5.10. The first-order chi connectivity index (χ1) is 8.02. The summed E-state index contributed by atoms with van der Waals surface area (Å²) in [6.45, 7) is 8.98. The Balaban J connectivity index is 2.82. The lowest BCUT2D eigenvalue weighted by Crippen LogP contribution is -2.16. The van der Waals surface area contributed by atoms with Crippen molar-refractivity contribution >= 4 is 23.4 Å². The first-order valence-electron chi connectivity index (χ1n) is 5.41. The molecular weight excluding hydrogens is 234 g/mol. The highest BCUT2D eigenvalue weighted by Gasteiger charge is 2.12. The molecule has 1 aromatic heterocycles. The van der Waals surface area contributed by atoms with Crippen LogP contribution in [-0.2, 0) is 9.53 Å². The summed E-state index contributed by atoms with van der Waals surface area (Å²) in [6.07, 6.45) is 4.06. The minimum atomic E-state index is -0.279. The molecule has 0 aliphatic heterocycles. The van der Waals surface area contributed by atoms with Gasteiger partial charge in [-0.1, -0.05) is 6.08 Å². The molecule has 0 aromatic carbocycles. The van der Waals surface area contributed by atoms with Gasteiger partial charge in [-0.15, -0.1) is 17.9 Å². The van der Waals surface area contributed by atoms with Crippen molar-refractivity contribution in [1.29, 1.82) is 0 Å². The zero-order chi connectivity index (χ0) is 12.8. The maximum atomic E-state index is 11.0. The third kappa shape index (κ3) is 4.53. The predicted molar refractivity (Wildman–Crippen MR) is 70.9 cm³/mol. The molecule has 1 atom stereocenters. The number of aryl methyl sites for hydroxylation is 1. The maximum Gasteiger partial charge on any atom is 0.303 e. The molecule has 0 spiro atoms. The highest BCUT2D eigenvalue weighted by Crippen LogP contribution is 2.17. The number of thiazole rings is 1. The van der Waals surface area contributed by atoms with Crippen LogP contribution in [0.2, 0.25) is 0 Å². The Morgan fingerprint density at radius 1 is 1.65 bits per heavy atom. The number of nitrogens with zero attached hydrogens (tertiary/aromatic N) is 1. The second-order valence-electron chi connectivity index (χ2n) is 3.80. The van der Waals surface area contributed by atoms with Gasteiger partial charge >= 0.3 is 5.97 Å². The van der Waals surface area contributed by atoms with E-state index in [-0.39, 0.29) is 12.1 Å². The van der Waals surface area contributed by atoms with E-state index < -0.39 is 0 Å². The van der Waals surface area contributed by atoms with Gasteiger partial charge in [0.1, 0.15) is 6.10 Å². The van der Waals surface area contributed by atoms with Crippen molar-refractivity contribution < 1.29 is 9.53 Å². The highest BCUT2D eigenvalue weighted by molar-refractivity contribution is 7.09. The highest BCUT2D eigenvalue weighted by atomic mass is 32.1. The summed E-state index contributed by atoms with van der Waals surface area (Å²) in [6, 6.07) is 0. The Bertz CT molecular complexity index is 434. The van der Waals surface area contributed by atoms with Crippen LogP contribution < -0.4 is 0 Å². The topological polar surface area (TPSA) is 39.2 Å². The molecule has 0 bridgehead atoms. The second-order valence-corrected chi connectivity index (χ2v) is 4.86. The molecule has 92 valence electrons. The van der Waals surface area contributed by atoms with Gasteiger partial charge in [-0.25, -0.2) is 4.98 Å². The van der Waals surface area contributed by atoms with Crippen molar-refractivity contribution in [2.24, 2.45) is 0 Å². The van der Waals surface area contributed by atoms with Gasteiger partial charge in [0, 0.05) is 18.7 Å². The number of hydrogen-bond donors (Lipinski definition) is 0. The van der Waals surface area contributed by atoms with E-state index in [9.17, 15) is 4.79 Å². The van der Waals surface area contributed by atoms with Crippen molar-refractivity contribution in [3.63, 3.8) is 0 Å². The molecular formula is C13H17NO2S. The molecule has 0 aliphatic carbocycles. The van der Waals surface area contributed by atoms with Gasteiger partial charge in [0.25, 0.3) is 0 Å². The zero-order valence-corrected chi connectivity index (χ0v) is 11.2. The van der Waals surface area contributed by atoms with Crippen molar-refractivity contribution in [3.8, 4) is 0 Å².